The third kappa shape index (κ3) is 4.39. The summed E-state index contributed by atoms with van der Waals surface area (Å²) in [6.07, 6.45) is 6.63. The molecule has 0 radical (unpaired) electrons. The molecule has 4 heterocycles. The van der Waals surface area contributed by atoms with Gasteiger partial charge in [0.1, 0.15) is 11.5 Å². The Balaban J connectivity index is 1.19. The van der Waals surface area contributed by atoms with Gasteiger partial charge in [-0.1, -0.05) is 30.3 Å². The first-order valence-corrected chi connectivity index (χ1v) is 12.5. The monoisotopic (exact) mass is 523 g/mol. The van der Waals surface area contributed by atoms with E-state index in [1.165, 1.54) is 0 Å². The first kappa shape index (κ1) is 23.2. The minimum atomic E-state index is -0.214. The second kappa shape index (κ2) is 9.76. The molecular formula is C30H21N9O. The van der Waals surface area contributed by atoms with Crippen LogP contribution in [0.1, 0.15) is 10.5 Å². The van der Waals surface area contributed by atoms with E-state index in [1.54, 1.807) is 35.8 Å². The molecule has 4 aromatic heterocycles. The highest BCUT2D eigenvalue weighted by Gasteiger charge is 2.22. The van der Waals surface area contributed by atoms with Crippen molar-refractivity contribution in [1.82, 2.24) is 35.3 Å². The standard InChI is InChI=1S/C30H21N9O/c40-30(39(23-4-2-1-3-5-23)24-10-13-32-33-18-24)27-15-19-6-7-20(16-26(19)36-27)29-31-12-11-28(37-29)35-22-8-9-25-21(14-22)17-34-38-25/h1-18,36H,(H,34,38)(H,31,35,37). The summed E-state index contributed by atoms with van der Waals surface area (Å²) in [6, 6.07) is 26.6. The molecule has 0 unspecified atom stereocenters. The zero-order valence-electron chi connectivity index (χ0n) is 21.0. The van der Waals surface area contributed by atoms with Crippen molar-refractivity contribution in [3.05, 3.63) is 115 Å². The normalized spacial score (nSPS) is 11.1. The van der Waals surface area contributed by atoms with Gasteiger partial charge >= 0.3 is 0 Å². The molecule has 3 N–H and O–H groups in total. The number of benzene rings is 3. The second-order valence-electron chi connectivity index (χ2n) is 9.12. The minimum absolute atomic E-state index is 0.214. The van der Waals surface area contributed by atoms with E-state index in [1.807, 2.05) is 78.9 Å². The lowest BCUT2D eigenvalue weighted by atomic mass is 10.1. The fourth-order valence-corrected chi connectivity index (χ4v) is 4.61. The Morgan fingerprint density at radius 2 is 1.70 bits per heavy atom. The highest BCUT2D eigenvalue weighted by molar-refractivity contribution is 6.11. The van der Waals surface area contributed by atoms with Crippen LogP contribution in [-0.4, -0.2) is 41.3 Å². The number of nitrogens with one attached hydrogen (secondary N) is 3. The van der Waals surface area contributed by atoms with Crippen LogP contribution < -0.4 is 10.2 Å². The summed E-state index contributed by atoms with van der Waals surface area (Å²) < 4.78 is 0. The molecule has 0 aliphatic rings. The third-order valence-corrected chi connectivity index (χ3v) is 6.52. The topological polar surface area (TPSA) is 128 Å². The Bertz CT molecular complexity index is 1930. The smallest absolute Gasteiger partial charge is 0.279 e. The molecule has 10 heteroatoms. The van der Waals surface area contributed by atoms with Gasteiger partial charge in [0.2, 0.25) is 0 Å². The molecule has 1 amide bonds. The van der Waals surface area contributed by atoms with E-state index < -0.39 is 0 Å². The van der Waals surface area contributed by atoms with Crippen molar-refractivity contribution < 1.29 is 4.79 Å². The van der Waals surface area contributed by atoms with Crippen LogP contribution in [0, 0.1) is 0 Å². The molecule has 192 valence electrons. The van der Waals surface area contributed by atoms with Gasteiger partial charge in [-0.15, -0.1) is 0 Å². The van der Waals surface area contributed by atoms with E-state index in [4.69, 9.17) is 4.98 Å². The molecule has 0 bridgehead atoms. The number of nitrogens with zero attached hydrogens (tertiary/aromatic N) is 6. The van der Waals surface area contributed by atoms with Crippen LogP contribution in [0.15, 0.2) is 110 Å². The molecular weight excluding hydrogens is 502 g/mol. The number of rotatable bonds is 6. The average molecular weight is 524 g/mol. The molecule has 0 atom stereocenters. The summed E-state index contributed by atoms with van der Waals surface area (Å²) >= 11 is 0. The van der Waals surface area contributed by atoms with Gasteiger partial charge < -0.3 is 10.3 Å². The quantitative estimate of drug-likeness (QED) is 0.243. The number of carbonyl (C=O) groups is 1. The highest BCUT2D eigenvalue weighted by atomic mass is 16.2. The number of aromatic amines is 2. The predicted molar refractivity (Wildman–Crippen MR) is 154 cm³/mol. The Kier molecular flexibility index (Phi) is 5.67. The Morgan fingerprint density at radius 1 is 0.775 bits per heavy atom. The van der Waals surface area contributed by atoms with E-state index in [0.29, 0.717) is 23.0 Å². The van der Waals surface area contributed by atoms with Gasteiger partial charge in [-0.3, -0.25) is 14.8 Å². The van der Waals surface area contributed by atoms with Gasteiger partial charge in [-0.2, -0.15) is 15.3 Å². The predicted octanol–water partition coefficient (Wildman–Crippen LogP) is 6.01. The first-order valence-electron chi connectivity index (χ1n) is 12.5. The molecule has 7 rings (SSSR count). The molecule has 0 saturated heterocycles. The molecule has 7 aromatic rings. The molecule has 0 fully saturated rings. The van der Waals surface area contributed by atoms with E-state index in [0.717, 1.165) is 38.7 Å². The van der Waals surface area contributed by atoms with Crippen molar-refractivity contribution in [1.29, 1.82) is 0 Å². The number of hydrogen-bond acceptors (Lipinski definition) is 7. The largest absolute Gasteiger partial charge is 0.350 e. The first-order chi connectivity index (χ1) is 19.7. The zero-order chi connectivity index (χ0) is 26.9. The van der Waals surface area contributed by atoms with Gasteiger partial charge in [0.25, 0.3) is 5.91 Å². The minimum Gasteiger partial charge on any atom is -0.350 e. The lowest BCUT2D eigenvalue weighted by Gasteiger charge is -2.21. The van der Waals surface area contributed by atoms with E-state index in [2.05, 4.69) is 35.7 Å². The van der Waals surface area contributed by atoms with E-state index in [-0.39, 0.29) is 5.91 Å². The Hall–Kier alpha value is -5.90. The fourth-order valence-electron chi connectivity index (χ4n) is 4.61. The van der Waals surface area contributed by atoms with Crippen LogP contribution in [0.5, 0.6) is 0 Å². The van der Waals surface area contributed by atoms with Gasteiger partial charge in [-0.25, -0.2) is 9.97 Å². The maximum Gasteiger partial charge on any atom is 0.279 e. The molecule has 0 aliphatic carbocycles. The summed E-state index contributed by atoms with van der Waals surface area (Å²) in [5.74, 6) is 1.02. The van der Waals surface area contributed by atoms with Gasteiger partial charge in [0.15, 0.2) is 5.82 Å². The van der Waals surface area contributed by atoms with Crippen LogP contribution in [0.4, 0.5) is 22.9 Å². The number of para-hydroxylation sites is 1. The maximum absolute atomic E-state index is 13.8. The number of hydrogen-bond donors (Lipinski definition) is 3. The van der Waals surface area contributed by atoms with Crippen molar-refractivity contribution in [2.24, 2.45) is 0 Å². The summed E-state index contributed by atoms with van der Waals surface area (Å²) in [5.41, 5.74) is 5.28. The number of amides is 1. The maximum atomic E-state index is 13.8. The SMILES string of the molecule is O=C(c1cc2ccc(-c3nccc(Nc4ccc5[nH]ncc5c4)n3)cc2[nH]1)N(c1ccccc1)c1ccnnc1. The van der Waals surface area contributed by atoms with E-state index >= 15 is 0 Å². The lowest BCUT2D eigenvalue weighted by Crippen LogP contribution is -2.26. The summed E-state index contributed by atoms with van der Waals surface area (Å²) in [7, 11) is 0. The summed E-state index contributed by atoms with van der Waals surface area (Å²) in [5, 5.41) is 20.1. The highest BCUT2D eigenvalue weighted by Crippen LogP contribution is 2.29. The van der Waals surface area contributed by atoms with Crippen LogP contribution in [0.25, 0.3) is 33.2 Å². The van der Waals surface area contributed by atoms with Gasteiger partial charge in [0.05, 0.1) is 29.8 Å². The molecule has 40 heavy (non-hydrogen) atoms. The Morgan fingerprint density at radius 3 is 2.58 bits per heavy atom. The van der Waals surface area contributed by atoms with Crippen molar-refractivity contribution in [3.63, 3.8) is 0 Å². The van der Waals surface area contributed by atoms with Crippen molar-refractivity contribution in [2.75, 3.05) is 10.2 Å². The molecule has 0 saturated carbocycles. The number of H-pyrrole nitrogens is 2. The van der Waals surface area contributed by atoms with Crippen molar-refractivity contribution >= 4 is 50.6 Å². The van der Waals surface area contributed by atoms with Crippen LogP contribution in [0.2, 0.25) is 0 Å². The fraction of sp³-hybridized carbons (Fsp3) is 0. The summed E-state index contributed by atoms with van der Waals surface area (Å²) in [4.78, 5) is 27.9. The zero-order valence-corrected chi connectivity index (χ0v) is 21.0. The van der Waals surface area contributed by atoms with Crippen molar-refractivity contribution in [3.8, 4) is 11.4 Å². The lowest BCUT2D eigenvalue weighted by molar-refractivity contribution is 0.0995. The van der Waals surface area contributed by atoms with Gasteiger partial charge in [0, 0.05) is 39.4 Å². The number of carbonyl (C=O) groups excluding carboxylic acids is 1. The molecule has 0 aliphatic heterocycles. The van der Waals surface area contributed by atoms with Gasteiger partial charge in [-0.05, 0) is 54.6 Å². The van der Waals surface area contributed by atoms with E-state index in [9.17, 15) is 4.79 Å². The number of fused-ring (bicyclic) bond motifs is 2. The molecule has 3 aromatic carbocycles. The average Bonchev–Trinajstić information content (AvgIpc) is 3.65. The van der Waals surface area contributed by atoms with Crippen LogP contribution in [-0.2, 0) is 0 Å². The third-order valence-electron chi connectivity index (χ3n) is 6.52. The van der Waals surface area contributed by atoms with Crippen LogP contribution in [0.3, 0.4) is 0 Å². The van der Waals surface area contributed by atoms with Crippen molar-refractivity contribution in [2.45, 2.75) is 0 Å². The Labute approximate surface area is 227 Å². The van der Waals surface area contributed by atoms with Crippen LogP contribution >= 0.6 is 0 Å². The number of aromatic nitrogens is 7. The molecule has 0 spiro atoms. The second-order valence-corrected chi connectivity index (χ2v) is 9.12. The number of anilines is 4. The molecule has 10 nitrogen and oxygen atoms in total. The summed E-state index contributed by atoms with van der Waals surface area (Å²) in [6.45, 7) is 0.